The van der Waals surface area contributed by atoms with Gasteiger partial charge in [0.2, 0.25) is 11.8 Å². The average molecular weight is 283 g/mol. The fourth-order valence-corrected chi connectivity index (χ4v) is 2.02. The highest BCUT2D eigenvalue weighted by Crippen LogP contribution is 2.18. The summed E-state index contributed by atoms with van der Waals surface area (Å²) < 4.78 is 0. The molecule has 4 amide bonds. The van der Waals surface area contributed by atoms with Gasteiger partial charge in [-0.25, -0.2) is 4.79 Å². The summed E-state index contributed by atoms with van der Waals surface area (Å²) in [6, 6.07) is -0.593. The topological polar surface area (TPSA) is 74.5 Å². The lowest BCUT2D eigenvalue weighted by atomic mass is 9.96. The lowest BCUT2D eigenvalue weighted by Crippen LogP contribution is -3.06. The molecular formula is C13H23N4O3+. The molecule has 1 saturated heterocycles. The fourth-order valence-electron chi connectivity index (χ4n) is 2.02. The molecule has 1 fully saturated rings. The molecule has 1 rings (SSSR count). The van der Waals surface area contributed by atoms with Crippen LogP contribution in [0, 0.1) is 5.92 Å². The van der Waals surface area contributed by atoms with E-state index in [2.05, 4.69) is 4.99 Å². The van der Waals surface area contributed by atoms with Gasteiger partial charge in [0.15, 0.2) is 5.92 Å². The molecule has 0 radical (unpaired) electrons. The molecule has 20 heavy (non-hydrogen) atoms. The summed E-state index contributed by atoms with van der Waals surface area (Å²) in [5.41, 5.74) is 0.549. The number of imide groups is 2. The molecule has 0 aromatic rings. The average Bonchev–Trinajstić information content (AvgIpc) is 2.41. The van der Waals surface area contributed by atoms with Crippen LogP contribution in [-0.2, 0) is 9.59 Å². The van der Waals surface area contributed by atoms with Gasteiger partial charge in [-0.05, 0) is 6.42 Å². The number of nitrogens with zero attached hydrogens (tertiary/aromatic N) is 3. The maximum absolute atomic E-state index is 12.2. The van der Waals surface area contributed by atoms with E-state index in [1.807, 2.05) is 21.0 Å². The molecule has 1 N–H and O–H groups in total. The van der Waals surface area contributed by atoms with Gasteiger partial charge < -0.3 is 4.90 Å². The van der Waals surface area contributed by atoms with Gasteiger partial charge in [-0.1, -0.05) is 6.92 Å². The summed E-state index contributed by atoms with van der Waals surface area (Å²) in [7, 11) is 6.80. The standard InChI is InChI=1S/C13H22N4O3/c1-6-9(14-7-8-15(2)3)10-11(18)16(4)13(20)17(5)12(10)19/h10H,6-8H2,1-5H3/p+1. The Morgan fingerprint density at radius 2 is 1.65 bits per heavy atom. The second kappa shape index (κ2) is 6.60. The summed E-state index contributed by atoms with van der Waals surface area (Å²) in [4.78, 5) is 43.6. The Kier molecular flexibility index (Phi) is 5.38. The minimum Gasteiger partial charge on any atom is -0.338 e. The minimum atomic E-state index is -0.954. The number of rotatable bonds is 5. The largest absolute Gasteiger partial charge is 0.338 e. The molecule has 0 aromatic heterocycles. The van der Waals surface area contributed by atoms with Crippen LogP contribution in [0.5, 0.6) is 0 Å². The Labute approximate surface area is 119 Å². The lowest BCUT2D eigenvalue weighted by Gasteiger charge is -2.33. The van der Waals surface area contributed by atoms with Gasteiger partial charge in [0, 0.05) is 19.8 Å². The second-order valence-corrected chi connectivity index (χ2v) is 5.19. The van der Waals surface area contributed by atoms with E-state index in [0.29, 0.717) is 18.7 Å². The van der Waals surface area contributed by atoms with E-state index in [9.17, 15) is 14.4 Å². The van der Waals surface area contributed by atoms with Crippen LogP contribution in [0.3, 0.4) is 0 Å². The van der Waals surface area contributed by atoms with Gasteiger partial charge in [-0.3, -0.25) is 24.4 Å². The predicted octanol–water partition coefficient (Wildman–Crippen LogP) is -1.35. The van der Waals surface area contributed by atoms with Crippen LogP contribution in [0.15, 0.2) is 4.99 Å². The molecule has 7 nitrogen and oxygen atoms in total. The molecule has 1 heterocycles. The molecule has 0 atom stereocenters. The summed E-state index contributed by atoms with van der Waals surface area (Å²) >= 11 is 0. The molecule has 7 heteroatoms. The van der Waals surface area contributed by atoms with Crippen molar-refractivity contribution in [2.24, 2.45) is 10.9 Å². The van der Waals surface area contributed by atoms with Crippen LogP contribution in [0.2, 0.25) is 0 Å². The van der Waals surface area contributed by atoms with E-state index >= 15 is 0 Å². The molecule has 0 unspecified atom stereocenters. The maximum Gasteiger partial charge on any atom is 0.332 e. The third-order valence-electron chi connectivity index (χ3n) is 3.35. The van der Waals surface area contributed by atoms with E-state index in [1.165, 1.54) is 19.0 Å². The highest BCUT2D eigenvalue weighted by Gasteiger charge is 2.44. The number of quaternary nitrogens is 1. The van der Waals surface area contributed by atoms with Gasteiger partial charge in [0.25, 0.3) is 0 Å². The zero-order valence-corrected chi connectivity index (χ0v) is 12.8. The predicted molar refractivity (Wildman–Crippen MR) is 74.7 cm³/mol. The minimum absolute atomic E-state index is 0.490. The van der Waals surface area contributed by atoms with Crippen LogP contribution in [0.4, 0.5) is 4.79 Å². The first-order chi connectivity index (χ1) is 9.31. The summed E-state index contributed by atoms with van der Waals surface area (Å²) in [6.07, 6.45) is 0.515. The highest BCUT2D eigenvalue weighted by molar-refractivity contribution is 6.27. The van der Waals surface area contributed by atoms with Crippen molar-refractivity contribution >= 4 is 23.6 Å². The van der Waals surface area contributed by atoms with Crippen LogP contribution in [-0.4, -0.2) is 74.6 Å². The van der Waals surface area contributed by atoms with Crippen molar-refractivity contribution in [3.8, 4) is 0 Å². The van der Waals surface area contributed by atoms with E-state index in [1.54, 1.807) is 0 Å². The smallest absolute Gasteiger partial charge is 0.332 e. The number of urea groups is 1. The first kappa shape index (κ1) is 16.3. The number of carbonyl (C=O) groups excluding carboxylic acids is 3. The Morgan fingerprint density at radius 1 is 1.15 bits per heavy atom. The number of amides is 4. The highest BCUT2D eigenvalue weighted by atomic mass is 16.2. The third-order valence-corrected chi connectivity index (χ3v) is 3.35. The van der Waals surface area contributed by atoms with E-state index < -0.39 is 23.8 Å². The van der Waals surface area contributed by atoms with Gasteiger partial charge in [0.05, 0.1) is 27.2 Å². The first-order valence-corrected chi connectivity index (χ1v) is 6.72. The number of hydrogen-bond donors (Lipinski definition) is 1. The molecule has 0 bridgehead atoms. The SMILES string of the molecule is CCC(=NCC[NH+](C)C)C1C(=O)N(C)C(=O)N(C)C1=O. The number of likely N-dealkylation sites (N-methyl/N-ethyl adjacent to an activating group) is 1. The van der Waals surface area contributed by atoms with Crippen LogP contribution >= 0.6 is 0 Å². The Balaban J connectivity index is 2.98. The monoisotopic (exact) mass is 283 g/mol. The van der Waals surface area contributed by atoms with Gasteiger partial charge in [-0.15, -0.1) is 0 Å². The quantitative estimate of drug-likeness (QED) is 0.501. The summed E-state index contributed by atoms with van der Waals surface area (Å²) in [5.74, 6) is -1.93. The number of hydrogen-bond acceptors (Lipinski definition) is 4. The van der Waals surface area contributed by atoms with E-state index in [0.717, 1.165) is 16.3 Å². The third kappa shape index (κ3) is 3.22. The van der Waals surface area contributed by atoms with Gasteiger partial charge in [-0.2, -0.15) is 0 Å². The van der Waals surface area contributed by atoms with Gasteiger partial charge >= 0.3 is 6.03 Å². The summed E-state index contributed by atoms with van der Waals surface area (Å²) in [5, 5.41) is 0. The van der Waals surface area contributed by atoms with E-state index in [-0.39, 0.29) is 0 Å². The van der Waals surface area contributed by atoms with Crippen molar-refractivity contribution in [1.29, 1.82) is 0 Å². The zero-order valence-electron chi connectivity index (χ0n) is 12.8. The second-order valence-electron chi connectivity index (χ2n) is 5.19. The molecule has 1 aliphatic rings. The Hall–Kier alpha value is -1.76. The van der Waals surface area contributed by atoms with Crippen molar-refractivity contribution in [1.82, 2.24) is 9.80 Å². The molecular weight excluding hydrogens is 260 g/mol. The molecule has 0 aliphatic carbocycles. The maximum atomic E-state index is 12.2. The van der Waals surface area contributed by atoms with Crippen LogP contribution < -0.4 is 4.90 Å². The first-order valence-electron chi connectivity index (χ1n) is 6.72. The van der Waals surface area contributed by atoms with Crippen molar-refractivity contribution in [2.45, 2.75) is 13.3 Å². The van der Waals surface area contributed by atoms with Crippen molar-refractivity contribution < 1.29 is 19.3 Å². The molecule has 0 aromatic carbocycles. The number of aliphatic imine (C=N–C) groups is 1. The molecule has 112 valence electrons. The van der Waals surface area contributed by atoms with Crippen molar-refractivity contribution in [3.63, 3.8) is 0 Å². The van der Waals surface area contributed by atoms with Crippen molar-refractivity contribution in [2.75, 3.05) is 41.3 Å². The van der Waals surface area contributed by atoms with Crippen LogP contribution in [0.25, 0.3) is 0 Å². The van der Waals surface area contributed by atoms with Crippen LogP contribution in [0.1, 0.15) is 13.3 Å². The molecule has 1 aliphatic heterocycles. The summed E-state index contributed by atoms with van der Waals surface area (Å²) in [6.45, 7) is 3.24. The van der Waals surface area contributed by atoms with Crippen molar-refractivity contribution in [3.05, 3.63) is 0 Å². The fraction of sp³-hybridized carbons (Fsp3) is 0.692. The van der Waals surface area contributed by atoms with E-state index in [4.69, 9.17) is 0 Å². The molecule has 0 spiro atoms. The Bertz CT molecular complexity index is 421. The number of carbonyl (C=O) groups is 3. The number of barbiturate groups is 1. The Morgan fingerprint density at radius 3 is 2.05 bits per heavy atom. The molecule has 0 saturated carbocycles. The zero-order chi connectivity index (χ0) is 15.4. The lowest BCUT2D eigenvalue weighted by molar-refractivity contribution is -0.856. The van der Waals surface area contributed by atoms with Gasteiger partial charge in [0.1, 0.15) is 0 Å². The normalized spacial score (nSPS) is 18.5. The number of nitrogens with one attached hydrogen (secondary N) is 1.